The van der Waals surface area contributed by atoms with Crippen LogP contribution in [0.5, 0.6) is 5.75 Å². The second-order valence-corrected chi connectivity index (χ2v) is 9.04. The Bertz CT molecular complexity index is 1080. The summed E-state index contributed by atoms with van der Waals surface area (Å²) in [6, 6.07) is 12.0. The molecule has 1 aliphatic rings. The first-order valence-electron chi connectivity index (χ1n) is 10.2. The van der Waals surface area contributed by atoms with Gasteiger partial charge in [0.05, 0.1) is 34.7 Å². The van der Waals surface area contributed by atoms with E-state index in [1.807, 2.05) is 44.2 Å². The van der Waals surface area contributed by atoms with E-state index in [-0.39, 0.29) is 6.10 Å². The molecule has 0 saturated carbocycles. The fourth-order valence-corrected chi connectivity index (χ4v) is 3.50. The van der Waals surface area contributed by atoms with Crippen LogP contribution in [0, 0.1) is 0 Å². The minimum Gasteiger partial charge on any atom is -0.490 e. The van der Waals surface area contributed by atoms with E-state index in [1.54, 1.807) is 6.20 Å². The lowest BCUT2D eigenvalue weighted by molar-refractivity contribution is 0.00578. The molecule has 0 amide bonds. The first-order chi connectivity index (χ1) is 14.1. The number of fused-ring (bicyclic) bond motifs is 1. The van der Waals surface area contributed by atoms with Crippen molar-refractivity contribution in [2.75, 3.05) is 5.73 Å². The summed E-state index contributed by atoms with van der Waals surface area (Å²) in [6.07, 6.45) is 1.61. The van der Waals surface area contributed by atoms with E-state index >= 15 is 0 Å². The Hall–Kier alpha value is -2.64. The second-order valence-electron chi connectivity index (χ2n) is 9.04. The predicted octanol–water partition coefficient (Wildman–Crippen LogP) is 3.97. The molecule has 0 unspecified atom stereocenters. The molecule has 1 saturated heterocycles. The van der Waals surface area contributed by atoms with Crippen LogP contribution in [0.15, 0.2) is 42.6 Å². The van der Waals surface area contributed by atoms with E-state index in [9.17, 15) is 0 Å². The van der Waals surface area contributed by atoms with Crippen molar-refractivity contribution in [3.8, 4) is 16.9 Å². The predicted molar refractivity (Wildman–Crippen MR) is 121 cm³/mol. The van der Waals surface area contributed by atoms with Crippen LogP contribution in [0.4, 0.5) is 5.69 Å². The maximum absolute atomic E-state index is 6.25. The van der Waals surface area contributed by atoms with E-state index in [2.05, 4.69) is 44.0 Å². The van der Waals surface area contributed by atoms with Crippen molar-refractivity contribution in [3.63, 3.8) is 0 Å². The molecule has 2 N–H and O–H groups in total. The highest BCUT2D eigenvalue weighted by molar-refractivity contribution is 6.62. The van der Waals surface area contributed by atoms with Gasteiger partial charge >= 0.3 is 7.12 Å². The third-order valence-electron chi connectivity index (χ3n) is 5.87. The fraction of sp³-hybridized carbons (Fsp3) is 0.391. The second kappa shape index (κ2) is 7.25. The normalized spacial score (nSPS) is 17.6. The average Bonchev–Trinajstić information content (AvgIpc) is 2.89. The van der Waals surface area contributed by atoms with E-state index in [1.165, 1.54) is 0 Å². The standard InChI is InChI=1S/C23H28BN3O3/c1-14(2)28-21-10-8-16(24-29-22(3,4)23(5,6)30-24)12-18(21)15-7-9-17-19(25)13-26-27-20(17)11-15/h7-14H,1-6H3,(H2,25,27). The van der Waals surface area contributed by atoms with Gasteiger partial charge in [0.15, 0.2) is 0 Å². The van der Waals surface area contributed by atoms with Gasteiger partial charge in [-0.2, -0.15) is 10.2 Å². The van der Waals surface area contributed by atoms with Gasteiger partial charge in [-0.1, -0.05) is 18.2 Å². The van der Waals surface area contributed by atoms with Gasteiger partial charge in [-0.25, -0.2) is 0 Å². The summed E-state index contributed by atoms with van der Waals surface area (Å²) >= 11 is 0. The number of hydrogen-bond donors (Lipinski definition) is 1. The lowest BCUT2D eigenvalue weighted by Gasteiger charge is -2.32. The van der Waals surface area contributed by atoms with Gasteiger partial charge in [0.25, 0.3) is 0 Å². The minimum atomic E-state index is -0.447. The zero-order valence-corrected chi connectivity index (χ0v) is 18.4. The number of aromatic nitrogens is 2. The number of ether oxygens (including phenoxy) is 1. The number of nitrogens with zero attached hydrogens (tertiary/aromatic N) is 2. The fourth-order valence-electron chi connectivity index (χ4n) is 3.50. The minimum absolute atomic E-state index is 0.0438. The maximum Gasteiger partial charge on any atom is 0.494 e. The Balaban J connectivity index is 1.80. The van der Waals surface area contributed by atoms with Crippen LogP contribution in [0.25, 0.3) is 22.0 Å². The number of nitrogen functional groups attached to an aromatic ring is 1. The van der Waals surface area contributed by atoms with Crippen molar-refractivity contribution in [1.82, 2.24) is 10.2 Å². The zero-order chi connectivity index (χ0) is 21.7. The van der Waals surface area contributed by atoms with Crippen molar-refractivity contribution in [2.45, 2.75) is 58.8 Å². The van der Waals surface area contributed by atoms with E-state index in [0.29, 0.717) is 5.69 Å². The summed E-state index contributed by atoms with van der Waals surface area (Å²) in [6.45, 7) is 12.2. The Kier molecular flexibility index (Phi) is 4.99. The molecule has 0 aliphatic carbocycles. The number of rotatable bonds is 4. The lowest BCUT2D eigenvalue weighted by Crippen LogP contribution is -2.41. The smallest absolute Gasteiger partial charge is 0.490 e. The molecule has 2 aromatic carbocycles. The summed E-state index contributed by atoms with van der Waals surface area (Å²) in [4.78, 5) is 0. The summed E-state index contributed by atoms with van der Waals surface area (Å²) in [5.41, 5.74) is 9.44. The van der Waals surface area contributed by atoms with Crippen LogP contribution in [0.2, 0.25) is 0 Å². The van der Waals surface area contributed by atoms with Crippen molar-refractivity contribution in [3.05, 3.63) is 42.6 Å². The first kappa shape index (κ1) is 20.6. The van der Waals surface area contributed by atoms with Gasteiger partial charge in [0.2, 0.25) is 0 Å². The molecule has 7 heteroatoms. The molecular formula is C23H28BN3O3. The van der Waals surface area contributed by atoms with Crippen LogP contribution < -0.4 is 15.9 Å². The Morgan fingerprint density at radius 1 is 1.00 bits per heavy atom. The topological polar surface area (TPSA) is 79.5 Å². The van der Waals surface area contributed by atoms with Crippen LogP contribution >= 0.6 is 0 Å². The Labute approximate surface area is 177 Å². The molecule has 0 radical (unpaired) electrons. The quantitative estimate of drug-likeness (QED) is 0.662. The van der Waals surface area contributed by atoms with Gasteiger partial charge in [-0.15, -0.1) is 0 Å². The number of nitrogens with two attached hydrogens (primary N) is 1. The summed E-state index contributed by atoms with van der Waals surface area (Å²) in [7, 11) is -0.447. The molecule has 3 aromatic rings. The molecule has 1 aromatic heterocycles. The van der Waals surface area contributed by atoms with Crippen LogP contribution in [0.1, 0.15) is 41.5 Å². The summed E-state index contributed by atoms with van der Waals surface area (Å²) in [5.74, 6) is 0.793. The van der Waals surface area contributed by atoms with E-state index in [4.69, 9.17) is 19.8 Å². The SMILES string of the molecule is CC(C)Oc1ccc(B2OC(C)(C)C(C)(C)O2)cc1-c1ccc2c(N)cnnc2c1. The average molecular weight is 405 g/mol. The number of benzene rings is 2. The number of anilines is 1. The molecule has 0 atom stereocenters. The Morgan fingerprint density at radius 2 is 1.70 bits per heavy atom. The summed E-state index contributed by atoms with van der Waals surface area (Å²) in [5, 5.41) is 9.10. The van der Waals surface area contributed by atoms with Crippen molar-refractivity contribution in [1.29, 1.82) is 0 Å². The first-order valence-corrected chi connectivity index (χ1v) is 10.2. The van der Waals surface area contributed by atoms with Crippen LogP contribution in [-0.2, 0) is 9.31 Å². The third-order valence-corrected chi connectivity index (χ3v) is 5.87. The molecule has 1 aliphatic heterocycles. The van der Waals surface area contributed by atoms with Gasteiger partial charge in [-0.3, -0.25) is 0 Å². The highest BCUT2D eigenvalue weighted by Gasteiger charge is 2.51. The zero-order valence-electron chi connectivity index (χ0n) is 18.4. The number of hydrogen-bond acceptors (Lipinski definition) is 6. The van der Waals surface area contributed by atoms with Gasteiger partial charge < -0.3 is 19.8 Å². The molecular weight excluding hydrogens is 377 g/mol. The highest BCUT2D eigenvalue weighted by atomic mass is 16.7. The molecule has 0 spiro atoms. The monoisotopic (exact) mass is 405 g/mol. The van der Waals surface area contributed by atoms with Crippen LogP contribution in [0.3, 0.4) is 0 Å². The van der Waals surface area contributed by atoms with Crippen LogP contribution in [-0.4, -0.2) is 34.6 Å². The Morgan fingerprint density at radius 3 is 2.37 bits per heavy atom. The van der Waals surface area contributed by atoms with E-state index < -0.39 is 18.3 Å². The third kappa shape index (κ3) is 3.63. The molecule has 0 bridgehead atoms. The molecule has 2 heterocycles. The van der Waals surface area contributed by atoms with Gasteiger partial charge in [0, 0.05) is 10.9 Å². The molecule has 156 valence electrons. The van der Waals surface area contributed by atoms with Crippen molar-refractivity contribution < 1.29 is 14.0 Å². The maximum atomic E-state index is 6.25. The largest absolute Gasteiger partial charge is 0.494 e. The lowest BCUT2D eigenvalue weighted by atomic mass is 9.77. The highest BCUT2D eigenvalue weighted by Crippen LogP contribution is 2.38. The van der Waals surface area contributed by atoms with E-state index in [0.717, 1.165) is 33.2 Å². The van der Waals surface area contributed by atoms with Gasteiger partial charge in [-0.05, 0) is 70.8 Å². The molecule has 30 heavy (non-hydrogen) atoms. The van der Waals surface area contributed by atoms with Gasteiger partial charge in [0.1, 0.15) is 5.75 Å². The van der Waals surface area contributed by atoms with Crippen molar-refractivity contribution in [2.24, 2.45) is 0 Å². The van der Waals surface area contributed by atoms with Crippen molar-refractivity contribution >= 4 is 29.2 Å². The molecule has 1 fully saturated rings. The molecule has 4 rings (SSSR count). The summed E-state index contributed by atoms with van der Waals surface area (Å²) < 4.78 is 18.6. The molecule has 6 nitrogen and oxygen atoms in total.